The van der Waals surface area contributed by atoms with Crippen LogP contribution in [0.3, 0.4) is 0 Å². The van der Waals surface area contributed by atoms with Gasteiger partial charge in [-0.05, 0) is 12.1 Å². The summed E-state index contributed by atoms with van der Waals surface area (Å²) in [5, 5.41) is 0. The second-order valence-corrected chi connectivity index (χ2v) is 3.59. The highest BCUT2D eigenvalue weighted by Gasteiger charge is 2.30. The number of nitrogens with two attached hydrogens (primary N) is 2. The van der Waals surface area contributed by atoms with Gasteiger partial charge < -0.3 is 16.4 Å². The summed E-state index contributed by atoms with van der Waals surface area (Å²) in [6.07, 6.45) is -3.12. The predicted octanol–water partition coefficient (Wildman–Crippen LogP) is 0.508. The van der Waals surface area contributed by atoms with E-state index in [-0.39, 0.29) is 24.5 Å². The SMILES string of the molecule is NCCN(CC(F)(F)F)c1ccnc(C(N)=O)c1. The second-order valence-electron chi connectivity index (χ2n) is 3.59. The van der Waals surface area contributed by atoms with Gasteiger partial charge in [0, 0.05) is 25.0 Å². The summed E-state index contributed by atoms with van der Waals surface area (Å²) in [6.45, 7) is -1.07. The average Bonchev–Trinajstić information content (AvgIpc) is 2.27. The zero-order valence-electron chi connectivity index (χ0n) is 9.44. The normalized spacial score (nSPS) is 11.3. The van der Waals surface area contributed by atoms with E-state index in [0.717, 1.165) is 4.90 Å². The van der Waals surface area contributed by atoms with Gasteiger partial charge in [-0.25, -0.2) is 0 Å². The van der Waals surface area contributed by atoms with Crippen LogP contribution in [0, 0.1) is 0 Å². The molecule has 1 aromatic heterocycles. The fourth-order valence-corrected chi connectivity index (χ4v) is 1.42. The quantitative estimate of drug-likeness (QED) is 0.809. The number of halogens is 3. The predicted molar refractivity (Wildman–Crippen MR) is 60.1 cm³/mol. The van der Waals surface area contributed by atoms with Gasteiger partial charge in [-0.2, -0.15) is 13.2 Å². The molecule has 18 heavy (non-hydrogen) atoms. The topological polar surface area (TPSA) is 85.2 Å². The number of primary amides is 1. The molecule has 0 atom stereocenters. The molecule has 0 unspecified atom stereocenters. The number of amides is 1. The van der Waals surface area contributed by atoms with Crippen molar-refractivity contribution in [2.24, 2.45) is 11.5 Å². The maximum atomic E-state index is 12.4. The first kappa shape index (κ1) is 14.2. The molecule has 1 heterocycles. The average molecular weight is 262 g/mol. The highest BCUT2D eigenvalue weighted by Crippen LogP contribution is 2.21. The summed E-state index contributed by atoms with van der Waals surface area (Å²) >= 11 is 0. The number of carbonyl (C=O) groups excluding carboxylic acids is 1. The van der Waals surface area contributed by atoms with Gasteiger partial charge in [0.15, 0.2) is 0 Å². The lowest BCUT2D eigenvalue weighted by Crippen LogP contribution is -2.37. The van der Waals surface area contributed by atoms with Crippen molar-refractivity contribution in [2.45, 2.75) is 6.18 Å². The molecule has 0 aliphatic rings. The monoisotopic (exact) mass is 262 g/mol. The first-order chi connectivity index (χ1) is 8.33. The van der Waals surface area contributed by atoms with E-state index >= 15 is 0 Å². The van der Waals surface area contributed by atoms with Crippen LogP contribution in [-0.4, -0.2) is 36.7 Å². The minimum atomic E-state index is -4.36. The van der Waals surface area contributed by atoms with Crippen LogP contribution in [0.5, 0.6) is 0 Å². The van der Waals surface area contributed by atoms with Gasteiger partial charge in [-0.3, -0.25) is 9.78 Å². The molecule has 1 amide bonds. The van der Waals surface area contributed by atoms with E-state index < -0.39 is 18.6 Å². The van der Waals surface area contributed by atoms with Crippen LogP contribution in [0.4, 0.5) is 18.9 Å². The first-order valence-electron chi connectivity index (χ1n) is 5.11. The van der Waals surface area contributed by atoms with Crippen molar-refractivity contribution in [3.05, 3.63) is 24.0 Å². The number of nitrogens with zero attached hydrogens (tertiary/aromatic N) is 2. The molecule has 4 N–H and O–H groups in total. The second kappa shape index (κ2) is 5.67. The van der Waals surface area contributed by atoms with E-state index in [9.17, 15) is 18.0 Å². The van der Waals surface area contributed by atoms with Gasteiger partial charge in [-0.15, -0.1) is 0 Å². The molecule has 0 saturated carbocycles. The summed E-state index contributed by atoms with van der Waals surface area (Å²) in [5.74, 6) is -0.795. The maximum absolute atomic E-state index is 12.4. The zero-order valence-corrected chi connectivity index (χ0v) is 9.44. The van der Waals surface area contributed by atoms with Crippen molar-refractivity contribution in [1.29, 1.82) is 0 Å². The molecule has 1 rings (SSSR count). The van der Waals surface area contributed by atoms with Gasteiger partial charge in [0.1, 0.15) is 12.2 Å². The fourth-order valence-electron chi connectivity index (χ4n) is 1.42. The molecule has 0 spiro atoms. The Hall–Kier alpha value is -1.83. The van der Waals surface area contributed by atoms with E-state index in [4.69, 9.17) is 11.5 Å². The van der Waals surface area contributed by atoms with Crippen LogP contribution in [0.2, 0.25) is 0 Å². The van der Waals surface area contributed by atoms with Crippen molar-refractivity contribution in [1.82, 2.24) is 4.98 Å². The molecule has 1 aromatic rings. The van der Waals surface area contributed by atoms with E-state index in [1.54, 1.807) is 0 Å². The Morgan fingerprint density at radius 3 is 2.61 bits per heavy atom. The standard InChI is InChI=1S/C10H13F3N4O/c11-10(12,13)6-17(4-2-14)7-1-3-16-8(5-7)9(15)18/h1,3,5H,2,4,6,14H2,(H2,15,18). The largest absolute Gasteiger partial charge is 0.405 e. The molecule has 0 radical (unpaired) electrons. The number of anilines is 1. The van der Waals surface area contributed by atoms with Crippen LogP contribution in [-0.2, 0) is 0 Å². The smallest absolute Gasteiger partial charge is 0.364 e. The van der Waals surface area contributed by atoms with Crippen LogP contribution < -0.4 is 16.4 Å². The third-order valence-corrected chi connectivity index (χ3v) is 2.13. The lowest BCUT2D eigenvalue weighted by molar-refractivity contribution is -0.119. The number of hydrogen-bond acceptors (Lipinski definition) is 4. The molecule has 0 aliphatic carbocycles. The molecule has 0 saturated heterocycles. The maximum Gasteiger partial charge on any atom is 0.405 e. The summed E-state index contributed by atoms with van der Waals surface area (Å²) in [5.41, 5.74) is 10.4. The van der Waals surface area contributed by atoms with Gasteiger partial charge in [0.05, 0.1) is 0 Å². The fraction of sp³-hybridized carbons (Fsp3) is 0.400. The molecule has 5 nitrogen and oxygen atoms in total. The number of alkyl halides is 3. The number of pyridine rings is 1. The van der Waals surface area contributed by atoms with Crippen LogP contribution in [0.1, 0.15) is 10.5 Å². The molecule has 0 bridgehead atoms. The van der Waals surface area contributed by atoms with Crippen molar-refractivity contribution in [3.8, 4) is 0 Å². The molecule has 0 aromatic carbocycles. The van der Waals surface area contributed by atoms with Gasteiger partial charge in [0.2, 0.25) is 0 Å². The van der Waals surface area contributed by atoms with Crippen molar-refractivity contribution in [3.63, 3.8) is 0 Å². The highest BCUT2D eigenvalue weighted by atomic mass is 19.4. The van der Waals surface area contributed by atoms with E-state index in [1.807, 2.05) is 0 Å². The van der Waals surface area contributed by atoms with Crippen molar-refractivity contribution < 1.29 is 18.0 Å². The number of carbonyl (C=O) groups is 1. The Bertz CT molecular complexity index is 422. The number of rotatable bonds is 5. The Balaban J connectivity index is 2.98. The van der Waals surface area contributed by atoms with Crippen LogP contribution >= 0.6 is 0 Å². The minimum absolute atomic E-state index is 0.0156. The third-order valence-electron chi connectivity index (χ3n) is 2.13. The van der Waals surface area contributed by atoms with Crippen molar-refractivity contribution in [2.75, 3.05) is 24.5 Å². The van der Waals surface area contributed by atoms with E-state index in [1.165, 1.54) is 18.3 Å². The molecule has 0 aliphatic heterocycles. The van der Waals surface area contributed by atoms with Crippen LogP contribution in [0.25, 0.3) is 0 Å². The van der Waals surface area contributed by atoms with E-state index in [0.29, 0.717) is 0 Å². The Kier molecular flexibility index (Phi) is 4.49. The minimum Gasteiger partial charge on any atom is -0.364 e. The summed E-state index contributed by atoms with van der Waals surface area (Å²) < 4.78 is 37.2. The lowest BCUT2D eigenvalue weighted by atomic mass is 10.2. The van der Waals surface area contributed by atoms with Gasteiger partial charge in [-0.1, -0.05) is 0 Å². The lowest BCUT2D eigenvalue weighted by Gasteiger charge is -2.25. The van der Waals surface area contributed by atoms with Crippen molar-refractivity contribution >= 4 is 11.6 Å². The molecule has 8 heteroatoms. The zero-order chi connectivity index (χ0) is 13.8. The number of hydrogen-bond donors (Lipinski definition) is 2. The third kappa shape index (κ3) is 4.21. The van der Waals surface area contributed by atoms with E-state index in [2.05, 4.69) is 4.98 Å². The Labute approximate surface area is 102 Å². The Morgan fingerprint density at radius 1 is 1.44 bits per heavy atom. The molecular weight excluding hydrogens is 249 g/mol. The van der Waals surface area contributed by atoms with Gasteiger partial charge in [0.25, 0.3) is 5.91 Å². The first-order valence-corrected chi connectivity index (χ1v) is 5.11. The summed E-state index contributed by atoms with van der Waals surface area (Å²) in [6, 6.07) is 2.58. The summed E-state index contributed by atoms with van der Waals surface area (Å²) in [7, 11) is 0. The van der Waals surface area contributed by atoms with Gasteiger partial charge >= 0.3 is 6.18 Å². The number of aromatic nitrogens is 1. The Morgan fingerprint density at radius 2 is 2.11 bits per heavy atom. The molecule has 100 valence electrons. The highest BCUT2D eigenvalue weighted by molar-refractivity contribution is 5.91. The summed E-state index contributed by atoms with van der Waals surface area (Å²) in [4.78, 5) is 15.6. The molecule has 0 fully saturated rings. The van der Waals surface area contributed by atoms with Crippen LogP contribution in [0.15, 0.2) is 18.3 Å². The molecular formula is C10H13F3N4O.